The molecule has 6 heteroatoms. The Kier molecular flexibility index (Phi) is 5.89. The molecule has 0 saturated carbocycles. The van der Waals surface area contributed by atoms with Gasteiger partial charge in [0.05, 0.1) is 19.2 Å². The van der Waals surface area contributed by atoms with E-state index in [9.17, 15) is 14.0 Å². The molecule has 0 aromatic heterocycles. The van der Waals surface area contributed by atoms with E-state index in [1.54, 1.807) is 20.2 Å². The summed E-state index contributed by atoms with van der Waals surface area (Å²) < 4.78 is 18.8. The summed E-state index contributed by atoms with van der Waals surface area (Å²) in [5.74, 6) is -0.703. The lowest BCUT2D eigenvalue weighted by atomic mass is 10.1. The second-order valence-electron chi connectivity index (χ2n) is 6.46. The highest BCUT2D eigenvalue weighted by molar-refractivity contribution is 5.96. The van der Waals surface area contributed by atoms with Gasteiger partial charge in [-0.15, -0.1) is 0 Å². The maximum atomic E-state index is 13.6. The van der Waals surface area contributed by atoms with Gasteiger partial charge < -0.3 is 15.0 Å². The maximum Gasteiger partial charge on any atom is 0.254 e. The number of hydrogen-bond acceptors (Lipinski definition) is 3. The van der Waals surface area contributed by atoms with E-state index >= 15 is 0 Å². The third kappa shape index (κ3) is 4.46. The summed E-state index contributed by atoms with van der Waals surface area (Å²) >= 11 is 0. The minimum atomic E-state index is -0.617. The van der Waals surface area contributed by atoms with E-state index in [1.165, 1.54) is 23.1 Å². The number of benzene rings is 3. The molecule has 0 heterocycles. The molecular formula is C22H21FN2O3. The number of halogens is 1. The van der Waals surface area contributed by atoms with Crippen LogP contribution in [0, 0.1) is 5.82 Å². The lowest BCUT2D eigenvalue weighted by Crippen LogP contribution is -2.38. The Morgan fingerprint density at radius 1 is 1.04 bits per heavy atom. The summed E-state index contributed by atoms with van der Waals surface area (Å²) in [5.41, 5.74) is 0.886. The summed E-state index contributed by atoms with van der Waals surface area (Å²) in [7, 11) is 3.29. The number of fused-ring (bicyclic) bond motifs is 1. The van der Waals surface area contributed by atoms with Crippen molar-refractivity contribution in [3.63, 3.8) is 0 Å². The predicted molar refractivity (Wildman–Crippen MR) is 106 cm³/mol. The molecule has 0 bridgehead atoms. The Bertz CT molecular complexity index is 1020. The number of amides is 2. The van der Waals surface area contributed by atoms with Gasteiger partial charge in [-0.1, -0.05) is 30.3 Å². The van der Waals surface area contributed by atoms with Crippen molar-refractivity contribution in [3.05, 3.63) is 77.6 Å². The van der Waals surface area contributed by atoms with Crippen molar-refractivity contribution in [2.24, 2.45) is 0 Å². The molecule has 0 aliphatic rings. The van der Waals surface area contributed by atoms with E-state index in [-0.39, 0.29) is 18.0 Å². The number of methoxy groups -OCH3 is 1. The zero-order valence-corrected chi connectivity index (χ0v) is 15.7. The molecule has 0 aliphatic heterocycles. The molecule has 0 unspecified atom stereocenters. The van der Waals surface area contributed by atoms with Gasteiger partial charge in [0, 0.05) is 13.6 Å². The highest BCUT2D eigenvalue weighted by Crippen LogP contribution is 2.22. The lowest BCUT2D eigenvalue weighted by Gasteiger charge is -2.18. The molecule has 1 N–H and O–H groups in total. The summed E-state index contributed by atoms with van der Waals surface area (Å²) in [5, 5.41) is 4.56. The number of nitrogens with one attached hydrogen (secondary N) is 1. The first-order chi connectivity index (χ1) is 13.5. The second-order valence-corrected chi connectivity index (χ2v) is 6.46. The van der Waals surface area contributed by atoms with Crippen molar-refractivity contribution in [2.45, 2.75) is 6.54 Å². The number of carbonyl (C=O) groups is 2. The average Bonchev–Trinajstić information content (AvgIpc) is 2.71. The molecule has 3 aromatic rings. The highest BCUT2D eigenvalue weighted by Gasteiger charge is 2.14. The molecule has 5 nitrogen and oxygen atoms in total. The molecular weight excluding hydrogens is 359 g/mol. The minimum Gasteiger partial charge on any atom is -0.497 e. The molecule has 0 atom stereocenters. The number of nitrogens with zero attached hydrogens (tertiary/aromatic N) is 1. The van der Waals surface area contributed by atoms with Gasteiger partial charge in [0.1, 0.15) is 11.6 Å². The number of ether oxygens (including phenoxy) is 1. The van der Waals surface area contributed by atoms with Crippen molar-refractivity contribution in [2.75, 3.05) is 20.7 Å². The van der Waals surface area contributed by atoms with E-state index in [2.05, 4.69) is 5.32 Å². The fourth-order valence-corrected chi connectivity index (χ4v) is 2.89. The SMILES string of the molecule is COc1ccc2cc(CN(C)C(=O)CNC(=O)c3ccccc3F)ccc2c1. The van der Waals surface area contributed by atoms with Crippen LogP contribution < -0.4 is 10.1 Å². The van der Waals surface area contributed by atoms with Gasteiger partial charge in [-0.05, 0) is 46.7 Å². The monoisotopic (exact) mass is 380 g/mol. The van der Waals surface area contributed by atoms with Crippen LogP contribution >= 0.6 is 0 Å². The molecule has 28 heavy (non-hydrogen) atoms. The summed E-state index contributed by atoms with van der Waals surface area (Å²) in [6, 6.07) is 17.4. The van der Waals surface area contributed by atoms with Crippen LogP contribution in [0.4, 0.5) is 4.39 Å². The van der Waals surface area contributed by atoms with Crippen molar-refractivity contribution in [1.82, 2.24) is 10.2 Å². The van der Waals surface area contributed by atoms with Crippen LogP contribution in [0.3, 0.4) is 0 Å². The number of carbonyl (C=O) groups excluding carboxylic acids is 2. The molecule has 0 aliphatic carbocycles. The van der Waals surface area contributed by atoms with E-state index in [0.29, 0.717) is 6.54 Å². The van der Waals surface area contributed by atoms with Crippen molar-refractivity contribution < 1.29 is 18.7 Å². The Morgan fingerprint density at radius 2 is 1.75 bits per heavy atom. The fraction of sp³-hybridized carbons (Fsp3) is 0.182. The van der Waals surface area contributed by atoms with Crippen molar-refractivity contribution >= 4 is 22.6 Å². The van der Waals surface area contributed by atoms with Gasteiger partial charge in [0.15, 0.2) is 0 Å². The Morgan fingerprint density at radius 3 is 2.50 bits per heavy atom. The van der Waals surface area contributed by atoms with Gasteiger partial charge in [0.25, 0.3) is 5.91 Å². The normalized spacial score (nSPS) is 10.5. The molecule has 0 radical (unpaired) electrons. The topological polar surface area (TPSA) is 58.6 Å². The van der Waals surface area contributed by atoms with Crippen LogP contribution in [0.15, 0.2) is 60.7 Å². The molecule has 0 saturated heterocycles. The van der Waals surface area contributed by atoms with Gasteiger partial charge in [-0.2, -0.15) is 0 Å². The first-order valence-electron chi connectivity index (χ1n) is 8.81. The standard InChI is InChI=1S/C22H21FN2O3/c1-25(21(26)13-24-22(27)19-5-3-4-6-20(19)23)14-15-7-8-17-12-18(28-2)10-9-16(17)11-15/h3-12H,13-14H2,1-2H3,(H,24,27). The fourth-order valence-electron chi connectivity index (χ4n) is 2.89. The van der Waals surface area contributed by atoms with Crippen LogP contribution in [0.2, 0.25) is 0 Å². The minimum absolute atomic E-state index is 0.0806. The third-order valence-corrected chi connectivity index (χ3v) is 4.48. The Labute approximate surface area is 162 Å². The first kappa shape index (κ1) is 19.4. The molecule has 3 rings (SSSR count). The molecule has 3 aromatic carbocycles. The van der Waals surface area contributed by atoms with Crippen LogP contribution in [-0.2, 0) is 11.3 Å². The van der Waals surface area contributed by atoms with Crippen molar-refractivity contribution in [1.29, 1.82) is 0 Å². The van der Waals surface area contributed by atoms with Crippen LogP contribution in [0.25, 0.3) is 10.8 Å². The number of hydrogen-bond donors (Lipinski definition) is 1. The van der Waals surface area contributed by atoms with E-state index in [4.69, 9.17) is 4.74 Å². The van der Waals surface area contributed by atoms with E-state index in [0.717, 1.165) is 22.1 Å². The van der Waals surface area contributed by atoms with E-state index < -0.39 is 11.7 Å². The Hall–Kier alpha value is -3.41. The number of likely N-dealkylation sites (N-methyl/N-ethyl adjacent to an activating group) is 1. The first-order valence-corrected chi connectivity index (χ1v) is 8.81. The van der Waals surface area contributed by atoms with Gasteiger partial charge in [-0.3, -0.25) is 9.59 Å². The lowest BCUT2D eigenvalue weighted by molar-refractivity contribution is -0.129. The zero-order valence-electron chi connectivity index (χ0n) is 15.7. The van der Waals surface area contributed by atoms with Gasteiger partial charge in [-0.25, -0.2) is 4.39 Å². The Balaban J connectivity index is 1.60. The third-order valence-electron chi connectivity index (χ3n) is 4.48. The maximum absolute atomic E-state index is 13.6. The quantitative estimate of drug-likeness (QED) is 0.713. The average molecular weight is 380 g/mol. The van der Waals surface area contributed by atoms with Crippen molar-refractivity contribution in [3.8, 4) is 5.75 Å². The second kappa shape index (κ2) is 8.52. The summed E-state index contributed by atoms with van der Waals surface area (Å²) in [6.07, 6.45) is 0. The van der Waals surface area contributed by atoms with Crippen LogP contribution in [-0.4, -0.2) is 37.4 Å². The summed E-state index contributed by atoms with van der Waals surface area (Å²) in [6.45, 7) is 0.199. The molecule has 144 valence electrons. The van der Waals surface area contributed by atoms with Crippen LogP contribution in [0.1, 0.15) is 15.9 Å². The summed E-state index contributed by atoms with van der Waals surface area (Å²) in [4.78, 5) is 25.9. The number of rotatable bonds is 6. The van der Waals surface area contributed by atoms with E-state index in [1.807, 2.05) is 36.4 Å². The zero-order chi connectivity index (χ0) is 20.1. The van der Waals surface area contributed by atoms with Gasteiger partial charge in [0.2, 0.25) is 5.91 Å². The smallest absolute Gasteiger partial charge is 0.254 e. The highest BCUT2D eigenvalue weighted by atomic mass is 19.1. The largest absolute Gasteiger partial charge is 0.497 e. The molecule has 0 fully saturated rings. The predicted octanol–water partition coefficient (Wildman–Crippen LogP) is 3.38. The molecule has 0 spiro atoms. The molecule has 2 amide bonds. The van der Waals surface area contributed by atoms with Gasteiger partial charge >= 0.3 is 0 Å². The van der Waals surface area contributed by atoms with Crippen LogP contribution in [0.5, 0.6) is 5.75 Å².